The molecule has 0 fully saturated rings. The summed E-state index contributed by atoms with van der Waals surface area (Å²) < 4.78 is 68.5. The zero-order chi connectivity index (χ0) is 70.0. The fourth-order valence-corrected chi connectivity index (χ4v) is 12.7. The molecule has 2 unspecified atom stereocenters. The minimum Gasteiger partial charge on any atom is -0.462 e. The maximum absolute atomic E-state index is 13.1. The number of esters is 4. The Kier molecular flexibility index (Phi) is 65.6. The van der Waals surface area contributed by atoms with Crippen molar-refractivity contribution in [3.05, 3.63) is 24.3 Å². The van der Waals surface area contributed by atoms with Crippen molar-refractivity contribution in [2.45, 2.75) is 387 Å². The monoisotopic (exact) mass is 1390 g/mol. The Morgan fingerprint density at radius 1 is 0.326 bits per heavy atom. The second-order valence-electron chi connectivity index (χ2n) is 27.7. The van der Waals surface area contributed by atoms with Crippen molar-refractivity contribution < 1.29 is 80.2 Å². The van der Waals surface area contributed by atoms with Gasteiger partial charge in [0.1, 0.15) is 19.3 Å². The van der Waals surface area contributed by atoms with Crippen LogP contribution in [0.25, 0.3) is 0 Å². The van der Waals surface area contributed by atoms with Crippen LogP contribution in [0.2, 0.25) is 0 Å². The fraction of sp³-hybridized carbons (Fsp3) is 0.895. The summed E-state index contributed by atoms with van der Waals surface area (Å²) in [6, 6.07) is 0. The van der Waals surface area contributed by atoms with E-state index in [1.54, 1.807) is 0 Å². The van der Waals surface area contributed by atoms with Gasteiger partial charge in [0.05, 0.1) is 26.4 Å². The molecule has 0 aromatic carbocycles. The lowest BCUT2D eigenvalue weighted by atomic mass is 10.0. The third-order valence-electron chi connectivity index (χ3n) is 17.1. The van der Waals surface area contributed by atoms with Gasteiger partial charge >= 0.3 is 39.5 Å². The fourth-order valence-electron chi connectivity index (χ4n) is 11.1. The summed E-state index contributed by atoms with van der Waals surface area (Å²) in [6.07, 6.45) is 57.6. The highest BCUT2D eigenvalue weighted by molar-refractivity contribution is 7.47. The molecule has 0 rings (SSSR count). The van der Waals surface area contributed by atoms with E-state index in [1.807, 2.05) is 0 Å². The largest absolute Gasteiger partial charge is 0.472 e. The van der Waals surface area contributed by atoms with Gasteiger partial charge in [-0.2, -0.15) is 0 Å². The minimum absolute atomic E-state index is 0.101. The molecular formula is C76H144O17P2. The molecule has 0 aliphatic rings. The number of hydrogen-bond acceptors (Lipinski definition) is 15. The second-order valence-corrected chi connectivity index (χ2v) is 30.6. The van der Waals surface area contributed by atoms with Crippen molar-refractivity contribution >= 4 is 39.5 Å². The van der Waals surface area contributed by atoms with E-state index in [-0.39, 0.29) is 25.7 Å². The summed E-state index contributed by atoms with van der Waals surface area (Å²) in [5, 5.41) is 10.6. The number of unbranched alkanes of at least 4 members (excludes halogenated alkanes) is 40. The molecular weight excluding hydrogens is 1250 g/mol. The van der Waals surface area contributed by atoms with E-state index in [0.29, 0.717) is 25.7 Å². The molecule has 19 heteroatoms. The molecule has 0 amide bonds. The predicted octanol–water partition coefficient (Wildman–Crippen LogP) is 21.9. The van der Waals surface area contributed by atoms with E-state index >= 15 is 0 Å². The Morgan fingerprint density at radius 3 is 0.863 bits per heavy atom. The SMILES string of the molecule is CCCCCC/C=C\C=C/CCCCCCCC(=O)OC[C@H](COP(=O)(O)OC[C@@H](O)COP(=O)(O)OC[C@@H](COC(=O)CCCCCCCCCCCC)OC(=O)CCCCCCCCCCCC(C)C)OC(=O)CCCCCCCCCCCCCCCCCC(C)C. The van der Waals surface area contributed by atoms with Gasteiger partial charge in [0.25, 0.3) is 0 Å². The van der Waals surface area contributed by atoms with Crippen molar-refractivity contribution in [2.24, 2.45) is 11.8 Å². The van der Waals surface area contributed by atoms with Crippen LogP contribution in [0.4, 0.5) is 0 Å². The summed E-state index contributed by atoms with van der Waals surface area (Å²) in [5.41, 5.74) is 0. The summed E-state index contributed by atoms with van der Waals surface area (Å²) >= 11 is 0. The Bertz CT molecular complexity index is 1930. The second kappa shape index (κ2) is 67.4. The first-order valence-electron chi connectivity index (χ1n) is 38.8. The van der Waals surface area contributed by atoms with Crippen LogP contribution in [0.5, 0.6) is 0 Å². The molecule has 0 radical (unpaired) electrons. The van der Waals surface area contributed by atoms with Gasteiger partial charge in [0.15, 0.2) is 12.2 Å². The minimum atomic E-state index is -4.96. The molecule has 560 valence electrons. The van der Waals surface area contributed by atoms with E-state index < -0.39 is 97.5 Å². The number of aliphatic hydroxyl groups is 1. The molecule has 5 atom stereocenters. The maximum Gasteiger partial charge on any atom is 0.472 e. The van der Waals surface area contributed by atoms with E-state index in [2.05, 4.69) is 65.8 Å². The number of hydrogen-bond donors (Lipinski definition) is 3. The highest BCUT2D eigenvalue weighted by Gasteiger charge is 2.30. The Labute approximate surface area is 580 Å². The average molecular weight is 1390 g/mol. The summed E-state index contributed by atoms with van der Waals surface area (Å²) in [4.78, 5) is 72.8. The molecule has 0 spiro atoms. The number of carbonyl (C=O) groups is 4. The molecule has 3 N–H and O–H groups in total. The molecule has 17 nitrogen and oxygen atoms in total. The number of ether oxygens (including phenoxy) is 4. The van der Waals surface area contributed by atoms with Gasteiger partial charge in [-0.15, -0.1) is 0 Å². The molecule has 0 bridgehead atoms. The predicted molar refractivity (Wildman–Crippen MR) is 386 cm³/mol. The van der Waals surface area contributed by atoms with Crippen LogP contribution in [0.15, 0.2) is 24.3 Å². The molecule has 0 saturated carbocycles. The molecule has 0 aromatic rings. The highest BCUT2D eigenvalue weighted by Crippen LogP contribution is 2.45. The number of phosphoric acid groups is 2. The number of allylic oxidation sites excluding steroid dienone is 4. The molecule has 0 heterocycles. The third kappa shape index (κ3) is 69.8. The Morgan fingerprint density at radius 2 is 0.568 bits per heavy atom. The van der Waals surface area contributed by atoms with Gasteiger partial charge in [-0.05, 0) is 63.2 Å². The number of phosphoric ester groups is 2. The first-order chi connectivity index (χ1) is 45.9. The topological polar surface area (TPSA) is 237 Å². The average Bonchev–Trinajstić information content (AvgIpc) is 1.35. The summed E-state index contributed by atoms with van der Waals surface area (Å²) in [5.74, 6) is -0.611. The zero-order valence-electron chi connectivity index (χ0n) is 61.5. The highest BCUT2D eigenvalue weighted by atomic mass is 31.2. The maximum atomic E-state index is 13.1. The van der Waals surface area contributed by atoms with Crippen LogP contribution < -0.4 is 0 Å². The van der Waals surface area contributed by atoms with Crippen molar-refractivity contribution in [1.29, 1.82) is 0 Å². The van der Waals surface area contributed by atoms with Crippen LogP contribution >= 0.6 is 15.6 Å². The van der Waals surface area contributed by atoms with Crippen molar-refractivity contribution in [2.75, 3.05) is 39.6 Å². The van der Waals surface area contributed by atoms with E-state index in [1.165, 1.54) is 167 Å². The molecule has 95 heavy (non-hydrogen) atoms. The molecule has 0 aromatic heterocycles. The smallest absolute Gasteiger partial charge is 0.462 e. The van der Waals surface area contributed by atoms with Crippen LogP contribution in [0.1, 0.15) is 369 Å². The van der Waals surface area contributed by atoms with E-state index in [0.717, 1.165) is 121 Å². The third-order valence-corrected chi connectivity index (χ3v) is 19.0. The first-order valence-corrected chi connectivity index (χ1v) is 41.8. The van der Waals surface area contributed by atoms with Crippen LogP contribution in [-0.2, 0) is 65.4 Å². The summed E-state index contributed by atoms with van der Waals surface area (Å²) in [7, 11) is -9.92. The Balaban J connectivity index is 5.27. The summed E-state index contributed by atoms with van der Waals surface area (Å²) in [6.45, 7) is 9.52. The zero-order valence-corrected chi connectivity index (χ0v) is 63.2. The van der Waals surface area contributed by atoms with Crippen molar-refractivity contribution in [3.8, 4) is 0 Å². The lowest BCUT2D eigenvalue weighted by Crippen LogP contribution is -2.30. The first kappa shape index (κ1) is 92.5. The van der Waals surface area contributed by atoms with Gasteiger partial charge in [0, 0.05) is 25.7 Å². The van der Waals surface area contributed by atoms with E-state index in [4.69, 9.17) is 37.0 Å². The number of aliphatic hydroxyl groups excluding tert-OH is 1. The molecule has 0 aliphatic heterocycles. The van der Waals surface area contributed by atoms with Gasteiger partial charge in [0.2, 0.25) is 0 Å². The van der Waals surface area contributed by atoms with Gasteiger partial charge < -0.3 is 33.8 Å². The van der Waals surface area contributed by atoms with Crippen molar-refractivity contribution in [1.82, 2.24) is 0 Å². The van der Waals surface area contributed by atoms with Gasteiger partial charge in [-0.1, -0.05) is 316 Å². The quantitative estimate of drug-likeness (QED) is 0.0169. The molecule has 0 saturated heterocycles. The van der Waals surface area contributed by atoms with Gasteiger partial charge in [-0.3, -0.25) is 37.3 Å². The molecule has 0 aliphatic carbocycles. The Hall–Kier alpha value is -2.46. The van der Waals surface area contributed by atoms with Crippen LogP contribution in [-0.4, -0.2) is 96.7 Å². The van der Waals surface area contributed by atoms with Crippen LogP contribution in [0.3, 0.4) is 0 Å². The number of carbonyl (C=O) groups excluding carboxylic acids is 4. The van der Waals surface area contributed by atoms with Crippen LogP contribution in [0, 0.1) is 11.8 Å². The lowest BCUT2D eigenvalue weighted by molar-refractivity contribution is -0.161. The lowest BCUT2D eigenvalue weighted by Gasteiger charge is -2.21. The van der Waals surface area contributed by atoms with Gasteiger partial charge in [-0.25, -0.2) is 9.13 Å². The van der Waals surface area contributed by atoms with Crippen molar-refractivity contribution in [3.63, 3.8) is 0 Å². The normalized spacial score (nSPS) is 14.2. The number of rotatable bonds is 73. The van der Waals surface area contributed by atoms with E-state index in [9.17, 15) is 43.2 Å². The standard InChI is InChI=1S/C76H144O17P2/c1-7-9-11-13-15-17-19-20-22-26-29-35-41-47-53-59-74(79)87-65-71(92-75(80)60-54-48-42-36-30-27-24-21-23-25-28-32-38-44-50-56-68(3)4)66-90-94(82,83)88-62-70(77)63-89-95(84,85)91-67-72(64-86-73(78)58-52-46-40-34-18-16-14-12-10-8-2)93-76(81)61-55-49-43-37-31-33-39-45-51-57-69(5)6/h17,19-20,22,68-72,77H,7-16,18,21,23-67H2,1-6H3,(H,82,83)(H,84,85)/b19-17-,22-20-/t70-,71-,72-/m1/s1.